The molecular formula is C19H29NO. The largest absolute Gasteiger partial charge is 0.372 e. The van der Waals surface area contributed by atoms with Gasteiger partial charge in [0.25, 0.3) is 0 Å². The van der Waals surface area contributed by atoms with Crippen molar-refractivity contribution in [3.63, 3.8) is 0 Å². The normalized spacial score (nSPS) is 26.6. The van der Waals surface area contributed by atoms with Crippen LogP contribution in [0.1, 0.15) is 68.7 Å². The van der Waals surface area contributed by atoms with Gasteiger partial charge in [0, 0.05) is 6.04 Å². The van der Waals surface area contributed by atoms with E-state index in [1.165, 1.54) is 48.8 Å². The summed E-state index contributed by atoms with van der Waals surface area (Å²) < 4.78 is 5.57. The average Bonchev–Trinajstić information content (AvgIpc) is 3.00. The minimum Gasteiger partial charge on any atom is -0.372 e. The summed E-state index contributed by atoms with van der Waals surface area (Å²) in [7, 11) is 0. The molecular weight excluding hydrogens is 258 g/mol. The van der Waals surface area contributed by atoms with Crippen LogP contribution in [0.3, 0.4) is 0 Å². The van der Waals surface area contributed by atoms with E-state index < -0.39 is 0 Å². The van der Waals surface area contributed by atoms with Crippen molar-refractivity contribution in [2.75, 3.05) is 6.54 Å². The summed E-state index contributed by atoms with van der Waals surface area (Å²) in [4.78, 5) is 0. The molecule has 1 heterocycles. The zero-order chi connectivity index (χ0) is 14.7. The molecule has 3 rings (SSSR count). The number of rotatable bonds is 5. The number of hydrogen-bond acceptors (Lipinski definition) is 2. The molecule has 116 valence electrons. The van der Waals surface area contributed by atoms with Crippen LogP contribution in [-0.2, 0) is 18.0 Å². The lowest BCUT2D eigenvalue weighted by molar-refractivity contribution is 0.134. The topological polar surface area (TPSA) is 21.3 Å². The quantitative estimate of drug-likeness (QED) is 0.855. The molecule has 3 unspecified atom stereocenters. The molecule has 2 nitrogen and oxygen atoms in total. The molecule has 3 atom stereocenters. The van der Waals surface area contributed by atoms with Crippen LogP contribution in [-0.4, -0.2) is 6.54 Å². The predicted octanol–water partition coefficient (Wildman–Crippen LogP) is 4.58. The van der Waals surface area contributed by atoms with Gasteiger partial charge in [-0.1, -0.05) is 51.3 Å². The van der Waals surface area contributed by atoms with Crippen molar-refractivity contribution in [2.45, 2.75) is 65.2 Å². The second kappa shape index (κ2) is 6.93. The molecule has 1 fully saturated rings. The minimum absolute atomic E-state index is 0.523. The fraction of sp³-hybridized carbons (Fsp3) is 0.684. The highest BCUT2D eigenvalue weighted by molar-refractivity contribution is 5.35. The summed E-state index contributed by atoms with van der Waals surface area (Å²) in [5.41, 5.74) is 4.25. The second-order valence-corrected chi connectivity index (χ2v) is 6.76. The van der Waals surface area contributed by atoms with E-state index in [0.717, 1.165) is 31.6 Å². The number of nitrogens with one attached hydrogen (secondary N) is 1. The molecule has 0 saturated heterocycles. The van der Waals surface area contributed by atoms with Gasteiger partial charge in [-0.05, 0) is 47.9 Å². The minimum atomic E-state index is 0.523. The van der Waals surface area contributed by atoms with Gasteiger partial charge in [-0.3, -0.25) is 0 Å². The maximum atomic E-state index is 5.57. The molecule has 1 saturated carbocycles. The van der Waals surface area contributed by atoms with Crippen molar-refractivity contribution >= 4 is 0 Å². The summed E-state index contributed by atoms with van der Waals surface area (Å²) in [6, 6.07) is 7.53. The standard InChI is InChI=1S/C19H29NO/c1-3-14-6-5-7-15(10-14)19(20-4-2)16-8-9-17-12-21-13-18(17)11-16/h8-9,11,14-15,19-20H,3-7,10,12-13H2,1-2H3. The zero-order valence-electron chi connectivity index (χ0n) is 13.5. The lowest BCUT2D eigenvalue weighted by Crippen LogP contribution is -2.31. The van der Waals surface area contributed by atoms with Gasteiger partial charge in [0.2, 0.25) is 0 Å². The molecule has 0 amide bonds. The van der Waals surface area contributed by atoms with Crippen LogP contribution in [0.25, 0.3) is 0 Å². The van der Waals surface area contributed by atoms with Crippen LogP contribution in [0.2, 0.25) is 0 Å². The van der Waals surface area contributed by atoms with E-state index in [4.69, 9.17) is 4.74 Å². The third-order valence-corrected chi connectivity index (χ3v) is 5.40. The average molecular weight is 287 g/mol. The van der Waals surface area contributed by atoms with Gasteiger partial charge in [-0.15, -0.1) is 0 Å². The molecule has 0 aromatic heterocycles. The van der Waals surface area contributed by atoms with Crippen LogP contribution in [0, 0.1) is 11.8 Å². The highest BCUT2D eigenvalue weighted by atomic mass is 16.5. The zero-order valence-corrected chi connectivity index (χ0v) is 13.5. The van der Waals surface area contributed by atoms with Gasteiger partial charge in [-0.2, -0.15) is 0 Å². The molecule has 1 aromatic rings. The molecule has 1 aliphatic carbocycles. The van der Waals surface area contributed by atoms with Gasteiger partial charge < -0.3 is 10.1 Å². The molecule has 21 heavy (non-hydrogen) atoms. The Labute approximate surface area is 129 Å². The summed E-state index contributed by atoms with van der Waals surface area (Å²) in [6.45, 7) is 7.21. The summed E-state index contributed by atoms with van der Waals surface area (Å²) >= 11 is 0. The Morgan fingerprint density at radius 2 is 2.05 bits per heavy atom. The van der Waals surface area contributed by atoms with Crippen LogP contribution < -0.4 is 5.32 Å². The van der Waals surface area contributed by atoms with Crippen molar-refractivity contribution in [1.82, 2.24) is 5.32 Å². The fourth-order valence-electron chi connectivity index (χ4n) is 4.17. The van der Waals surface area contributed by atoms with Gasteiger partial charge in [0.05, 0.1) is 13.2 Å². The summed E-state index contributed by atoms with van der Waals surface area (Å²) in [6.07, 6.45) is 6.94. The predicted molar refractivity (Wildman–Crippen MR) is 87.1 cm³/mol. The van der Waals surface area contributed by atoms with E-state index in [-0.39, 0.29) is 0 Å². The van der Waals surface area contributed by atoms with Crippen LogP contribution in [0.15, 0.2) is 18.2 Å². The highest BCUT2D eigenvalue weighted by Gasteiger charge is 2.29. The summed E-state index contributed by atoms with van der Waals surface area (Å²) in [5.74, 6) is 1.73. The van der Waals surface area contributed by atoms with Crippen molar-refractivity contribution in [2.24, 2.45) is 11.8 Å². The Morgan fingerprint density at radius 3 is 2.86 bits per heavy atom. The first kappa shape index (κ1) is 15.1. The van der Waals surface area contributed by atoms with Gasteiger partial charge in [0.15, 0.2) is 0 Å². The molecule has 0 spiro atoms. The number of ether oxygens (including phenoxy) is 1. The third-order valence-electron chi connectivity index (χ3n) is 5.40. The number of hydrogen-bond donors (Lipinski definition) is 1. The lowest BCUT2D eigenvalue weighted by atomic mass is 9.75. The first-order valence-electron chi connectivity index (χ1n) is 8.74. The molecule has 2 heteroatoms. The van der Waals surface area contributed by atoms with E-state index in [1.807, 2.05) is 0 Å². The first-order valence-corrected chi connectivity index (χ1v) is 8.74. The maximum Gasteiger partial charge on any atom is 0.0725 e. The van der Waals surface area contributed by atoms with Crippen LogP contribution in [0.4, 0.5) is 0 Å². The van der Waals surface area contributed by atoms with Crippen molar-refractivity contribution in [3.05, 3.63) is 34.9 Å². The Balaban J connectivity index is 1.80. The number of fused-ring (bicyclic) bond motifs is 1. The van der Waals surface area contributed by atoms with Gasteiger partial charge in [-0.25, -0.2) is 0 Å². The Hall–Kier alpha value is -0.860. The molecule has 1 N–H and O–H groups in total. The fourth-order valence-corrected chi connectivity index (χ4v) is 4.17. The smallest absolute Gasteiger partial charge is 0.0725 e. The Bertz CT molecular complexity index is 471. The van der Waals surface area contributed by atoms with Crippen LogP contribution >= 0.6 is 0 Å². The maximum absolute atomic E-state index is 5.57. The Kier molecular flexibility index (Phi) is 4.97. The summed E-state index contributed by atoms with van der Waals surface area (Å²) in [5, 5.41) is 3.76. The molecule has 0 radical (unpaired) electrons. The van der Waals surface area contributed by atoms with E-state index in [9.17, 15) is 0 Å². The van der Waals surface area contributed by atoms with Gasteiger partial charge >= 0.3 is 0 Å². The lowest BCUT2D eigenvalue weighted by Gasteiger charge is -2.35. The van der Waals surface area contributed by atoms with Crippen molar-refractivity contribution in [3.8, 4) is 0 Å². The van der Waals surface area contributed by atoms with Crippen molar-refractivity contribution in [1.29, 1.82) is 0 Å². The Morgan fingerprint density at radius 1 is 1.19 bits per heavy atom. The molecule has 1 aromatic carbocycles. The SMILES string of the molecule is CCNC(c1ccc2c(c1)COC2)C1CCCC(CC)C1. The van der Waals surface area contributed by atoms with Gasteiger partial charge in [0.1, 0.15) is 0 Å². The number of benzene rings is 1. The third kappa shape index (κ3) is 3.32. The van der Waals surface area contributed by atoms with Crippen LogP contribution in [0.5, 0.6) is 0 Å². The van der Waals surface area contributed by atoms with E-state index >= 15 is 0 Å². The van der Waals surface area contributed by atoms with E-state index in [1.54, 1.807) is 0 Å². The molecule has 0 bridgehead atoms. The van der Waals surface area contributed by atoms with Crippen molar-refractivity contribution < 1.29 is 4.74 Å². The second-order valence-electron chi connectivity index (χ2n) is 6.76. The molecule has 2 aliphatic rings. The first-order chi connectivity index (χ1) is 10.3. The molecule has 1 aliphatic heterocycles. The monoisotopic (exact) mass is 287 g/mol. The van der Waals surface area contributed by atoms with E-state index in [0.29, 0.717) is 6.04 Å². The highest BCUT2D eigenvalue weighted by Crippen LogP contribution is 2.39. The van der Waals surface area contributed by atoms with E-state index in [2.05, 4.69) is 37.4 Å².